The van der Waals surface area contributed by atoms with Crippen molar-refractivity contribution in [2.75, 3.05) is 11.5 Å². The van der Waals surface area contributed by atoms with E-state index in [1.54, 1.807) is 0 Å². The second kappa shape index (κ2) is 8.97. The van der Waals surface area contributed by atoms with Crippen molar-refractivity contribution in [1.82, 2.24) is 0 Å². The standard InChI is InChI=1S/C28H24N2/c29-27-17-9-23(10-18-27)3-1-21-5-13-25(14-6-21)26-15-7-22(8-16-26)2-4-24-11-19-28(30)20-12-24/h1-20H,29-30H2. The van der Waals surface area contributed by atoms with Crippen molar-refractivity contribution in [1.29, 1.82) is 0 Å². The maximum absolute atomic E-state index is 5.73. The average molecular weight is 389 g/mol. The van der Waals surface area contributed by atoms with Gasteiger partial charge in [-0.1, -0.05) is 97.1 Å². The van der Waals surface area contributed by atoms with Gasteiger partial charge in [0.25, 0.3) is 0 Å². The molecule has 0 aliphatic carbocycles. The SMILES string of the molecule is Nc1ccc(C=Cc2ccc(-c3ccc(C=Cc4ccc(N)cc4)cc3)cc2)cc1. The van der Waals surface area contributed by atoms with Gasteiger partial charge in [-0.25, -0.2) is 0 Å². The van der Waals surface area contributed by atoms with Crippen LogP contribution in [-0.4, -0.2) is 0 Å². The van der Waals surface area contributed by atoms with Crippen LogP contribution in [0, 0.1) is 0 Å². The Balaban J connectivity index is 1.42. The van der Waals surface area contributed by atoms with Crippen molar-refractivity contribution in [3.63, 3.8) is 0 Å². The largest absolute Gasteiger partial charge is 0.399 e. The Morgan fingerprint density at radius 3 is 0.833 bits per heavy atom. The zero-order valence-corrected chi connectivity index (χ0v) is 16.7. The van der Waals surface area contributed by atoms with Gasteiger partial charge in [0, 0.05) is 11.4 Å². The van der Waals surface area contributed by atoms with Crippen LogP contribution in [0.1, 0.15) is 22.3 Å². The minimum absolute atomic E-state index is 0.781. The minimum atomic E-state index is 0.781. The van der Waals surface area contributed by atoms with E-state index < -0.39 is 0 Å². The molecule has 0 spiro atoms. The second-order valence-electron chi connectivity index (χ2n) is 7.24. The van der Waals surface area contributed by atoms with Crippen LogP contribution in [0.3, 0.4) is 0 Å². The Kier molecular flexibility index (Phi) is 5.77. The molecule has 0 amide bonds. The Bertz CT molecular complexity index is 1050. The summed E-state index contributed by atoms with van der Waals surface area (Å²) in [5.41, 5.74) is 20.0. The molecule has 2 heteroatoms. The van der Waals surface area contributed by atoms with Crippen molar-refractivity contribution in [3.8, 4) is 11.1 Å². The summed E-state index contributed by atoms with van der Waals surface area (Å²) in [6.07, 6.45) is 8.41. The lowest BCUT2D eigenvalue weighted by Gasteiger charge is -2.04. The first-order valence-electron chi connectivity index (χ1n) is 9.93. The van der Waals surface area contributed by atoms with E-state index in [0.717, 1.165) is 22.5 Å². The van der Waals surface area contributed by atoms with Gasteiger partial charge in [0.1, 0.15) is 0 Å². The summed E-state index contributed by atoms with van der Waals surface area (Å²) < 4.78 is 0. The molecule has 4 aromatic rings. The predicted molar refractivity (Wildman–Crippen MR) is 131 cm³/mol. The second-order valence-corrected chi connectivity index (χ2v) is 7.24. The summed E-state index contributed by atoms with van der Waals surface area (Å²) in [6.45, 7) is 0. The fourth-order valence-corrected chi connectivity index (χ4v) is 3.17. The molecule has 2 nitrogen and oxygen atoms in total. The van der Waals surface area contributed by atoms with E-state index in [1.165, 1.54) is 22.3 Å². The van der Waals surface area contributed by atoms with E-state index in [1.807, 2.05) is 48.5 Å². The van der Waals surface area contributed by atoms with Crippen molar-refractivity contribution in [2.45, 2.75) is 0 Å². The maximum atomic E-state index is 5.73. The molecule has 4 rings (SSSR count). The van der Waals surface area contributed by atoms with Crippen LogP contribution < -0.4 is 11.5 Å². The monoisotopic (exact) mass is 388 g/mol. The molecule has 0 saturated heterocycles. The van der Waals surface area contributed by atoms with Crippen LogP contribution in [0.15, 0.2) is 97.1 Å². The molecule has 0 fully saturated rings. The van der Waals surface area contributed by atoms with Gasteiger partial charge in [0.05, 0.1) is 0 Å². The Hall–Kier alpha value is -4.04. The van der Waals surface area contributed by atoms with Gasteiger partial charge < -0.3 is 11.5 Å². The fraction of sp³-hybridized carbons (Fsp3) is 0. The Morgan fingerprint density at radius 2 is 0.567 bits per heavy atom. The van der Waals surface area contributed by atoms with E-state index in [0.29, 0.717) is 0 Å². The number of anilines is 2. The first-order valence-corrected chi connectivity index (χ1v) is 9.93. The highest BCUT2D eigenvalue weighted by Crippen LogP contribution is 2.22. The topological polar surface area (TPSA) is 52.0 Å². The lowest BCUT2D eigenvalue weighted by atomic mass is 10.0. The zero-order chi connectivity index (χ0) is 20.8. The number of benzene rings is 4. The summed E-state index contributed by atoms with van der Waals surface area (Å²) in [4.78, 5) is 0. The van der Waals surface area contributed by atoms with E-state index in [4.69, 9.17) is 11.5 Å². The summed E-state index contributed by atoms with van der Waals surface area (Å²) in [5, 5.41) is 0. The molecule has 0 aliphatic rings. The Morgan fingerprint density at radius 1 is 0.333 bits per heavy atom. The summed E-state index contributed by atoms with van der Waals surface area (Å²) in [7, 11) is 0. The molecule has 0 unspecified atom stereocenters. The van der Waals surface area contributed by atoms with Crippen molar-refractivity contribution < 1.29 is 0 Å². The lowest BCUT2D eigenvalue weighted by molar-refractivity contribution is 1.58. The van der Waals surface area contributed by atoms with Gasteiger partial charge >= 0.3 is 0 Å². The molecule has 0 aliphatic heterocycles. The third kappa shape index (κ3) is 5.06. The van der Waals surface area contributed by atoms with E-state index >= 15 is 0 Å². The van der Waals surface area contributed by atoms with Crippen molar-refractivity contribution in [2.24, 2.45) is 0 Å². The number of nitrogens with two attached hydrogens (primary N) is 2. The van der Waals surface area contributed by atoms with Crippen molar-refractivity contribution >= 4 is 35.7 Å². The van der Waals surface area contributed by atoms with Crippen LogP contribution in [-0.2, 0) is 0 Å². The number of hydrogen-bond acceptors (Lipinski definition) is 2. The predicted octanol–water partition coefficient (Wildman–Crippen LogP) is 6.86. The highest BCUT2D eigenvalue weighted by molar-refractivity contribution is 5.74. The normalized spacial score (nSPS) is 11.3. The average Bonchev–Trinajstić information content (AvgIpc) is 2.79. The van der Waals surface area contributed by atoms with Crippen LogP contribution in [0.2, 0.25) is 0 Å². The molecule has 0 aromatic heterocycles. The highest BCUT2D eigenvalue weighted by Gasteiger charge is 1.98. The summed E-state index contributed by atoms with van der Waals surface area (Å²) in [6, 6.07) is 32.9. The molecule has 146 valence electrons. The minimum Gasteiger partial charge on any atom is -0.399 e. The zero-order valence-electron chi connectivity index (χ0n) is 16.7. The first-order chi connectivity index (χ1) is 14.7. The number of nitrogen functional groups attached to an aromatic ring is 2. The molecule has 0 atom stereocenters. The van der Waals surface area contributed by atoms with Crippen LogP contribution >= 0.6 is 0 Å². The fourth-order valence-electron chi connectivity index (χ4n) is 3.17. The van der Waals surface area contributed by atoms with Gasteiger partial charge in [0.2, 0.25) is 0 Å². The smallest absolute Gasteiger partial charge is 0.0314 e. The third-order valence-electron chi connectivity index (χ3n) is 4.96. The Labute approximate surface area is 177 Å². The molecule has 0 heterocycles. The molecule has 4 N–H and O–H groups in total. The molecular formula is C28H24N2. The molecule has 4 aromatic carbocycles. The highest BCUT2D eigenvalue weighted by atomic mass is 14.5. The quantitative estimate of drug-likeness (QED) is 0.290. The van der Waals surface area contributed by atoms with Gasteiger partial charge in [-0.05, 0) is 57.6 Å². The van der Waals surface area contributed by atoms with Gasteiger partial charge in [-0.3, -0.25) is 0 Å². The molecule has 0 saturated carbocycles. The molecule has 0 radical (unpaired) electrons. The number of rotatable bonds is 5. The van der Waals surface area contributed by atoms with Crippen LogP contribution in [0.4, 0.5) is 11.4 Å². The van der Waals surface area contributed by atoms with Gasteiger partial charge in [-0.15, -0.1) is 0 Å². The molecule has 0 bridgehead atoms. The van der Waals surface area contributed by atoms with Crippen LogP contribution in [0.5, 0.6) is 0 Å². The first kappa shape index (κ1) is 19.3. The van der Waals surface area contributed by atoms with Gasteiger partial charge in [0.15, 0.2) is 0 Å². The van der Waals surface area contributed by atoms with Crippen molar-refractivity contribution in [3.05, 3.63) is 119 Å². The third-order valence-corrected chi connectivity index (χ3v) is 4.96. The number of hydrogen-bond donors (Lipinski definition) is 2. The summed E-state index contributed by atoms with van der Waals surface area (Å²) >= 11 is 0. The maximum Gasteiger partial charge on any atom is 0.0314 e. The molecule has 30 heavy (non-hydrogen) atoms. The van der Waals surface area contributed by atoms with E-state index in [2.05, 4.69) is 72.8 Å². The lowest BCUT2D eigenvalue weighted by Crippen LogP contribution is -1.83. The molecular weight excluding hydrogens is 364 g/mol. The van der Waals surface area contributed by atoms with E-state index in [9.17, 15) is 0 Å². The van der Waals surface area contributed by atoms with Gasteiger partial charge in [-0.2, -0.15) is 0 Å². The summed E-state index contributed by atoms with van der Waals surface area (Å²) in [5.74, 6) is 0. The van der Waals surface area contributed by atoms with Crippen LogP contribution in [0.25, 0.3) is 35.4 Å². The van der Waals surface area contributed by atoms with E-state index in [-0.39, 0.29) is 0 Å².